The average Bonchev–Trinajstić information content (AvgIpc) is 2.40. The van der Waals surface area contributed by atoms with E-state index in [9.17, 15) is 13.2 Å². The topological polar surface area (TPSA) is 35.2 Å². The van der Waals surface area contributed by atoms with Crippen molar-refractivity contribution in [2.24, 2.45) is 5.73 Å². The van der Waals surface area contributed by atoms with E-state index in [-0.39, 0.29) is 17.9 Å². The maximum absolute atomic E-state index is 12.9. The zero-order chi connectivity index (χ0) is 14.8. The van der Waals surface area contributed by atoms with E-state index in [0.29, 0.717) is 10.8 Å². The first-order valence-electron chi connectivity index (χ1n) is 5.74. The molecule has 0 saturated heterocycles. The lowest BCUT2D eigenvalue weighted by atomic mass is 10.1. The second-order valence-corrected chi connectivity index (χ2v) is 4.46. The Bertz CT molecular complexity index is 614. The molecule has 0 radical (unpaired) electrons. The van der Waals surface area contributed by atoms with Crippen LogP contribution in [0.3, 0.4) is 0 Å². The van der Waals surface area contributed by atoms with Gasteiger partial charge in [0, 0.05) is 6.54 Å². The minimum Gasteiger partial charge on any atom is -0.456 e. The Morgan fingerprint density at radius 1 is 1.10 bits per heavy atom. The number of nitrogens with two attached hydrogens (primary N) is 1. The lowest BCUT2D eigenvalue weighted by molar-refractivity contribution is -0.138. The van der Waals surface area contributed by atoms with Crippen LogP contribution in [0.5, 0.6) is 11.5 Å². The summed E-state index contributed by atoms with van der Waals surface area (Å²) in [6, 6.07) is 10.2. The van der Waals surface area contributed by atoms with Crippen molar-refractivity contribution in [3.8, 4) is 11.5 Å². The first-order chi connectivity index (χ1) is 9.41. The molecule has 6 heteroatoms. The molecular formula is C14H11ClF3NO. The van der Waals surface area contributed by atoms with E-state index in [4.69, 9.17) is 22.1 Å². The molecule has 0 bridgehead atoms. The molecule has 0 aliphatic carbocycles. The van der Waals surface area contributed by atoms with Gasteiger partial charge in [-0.3, -0.25) is 0 Å². The lowest BCUT2D eigenvalue weighted by Gasteiger charge is -2.14. The van der Waals surface area contributed by atoms with Crippen molar-refractivity contribution in [2.45, 2.75) is 12.7 Å². The number of para-hydroxylation sites is 1. The summed E-state index contributed by atoms with van der Waals surface area (Å²) in [4.78, 5) is 0. The molecule has 0 saturated carbocycles. The summed E-state index contributed by atoms with van der Waals surface area (Å²) in [6.45, 7) is -0.193. The van der Waals surface area contributed by atoms with Gasteiger partial charge in [-0.1, -0.05) is 29.8 Å². The highest BCUT2D eigenvalue weighted by molar-refractivity contribution is 6.32. The zero-order valence-corrected chi connectivity index (χ0v) is 11.0. The van der Waals surface area contributed by atoms with Crippen LogP contribution in [0.15, 0.2) is 42.5 Å². The molecule has 0 aliphatic heterocycles. The van der Waals surface area contributed by atoms with E-state index in [1.54, 1.807) is 24.3 Å². The molecule has 0 aromatic heterocycles. The van der Waals surface area contributed by atoms with Gasteiger partial charge in [0.25, 0.3) is 0 Å². The van der Waals surface area contributed by atoms with Gasteiger partial charge >= 0.3 is 6.18 Å². The van der Waals surface area contributed by atoms with Crippen molar-refractivity contribution >= 4 is 11.6 Å². The highest BCUT2D eigenvalue weighted by Gasteiger charge is 2.33. The van der Waals surface area contributed by atoms with E-state index in [2.05, 4.69) is 0 Å². The predicted octanol–water partition coefficient (Wildman–Crippen LogP) is 4.61. The maximum Gasteiger partial charge on any atom is 0.416 e. The van der Waals surface area contributed by atoms with Gasteiger partial charge in [-0.15, -0.1) is 0 Å². The number of alkyl halides is 3. The lowest BCUT2D eigenvalue weighted by Crippen LogP contribution is -2.12. The average molecular weight is 302 g/mol. The van der Waals surface area contributed by atoms with Crippen molar-refractivity contribution in [1.29, 1.82) is 0 Å². The number of hydrogen-bond donors (Lipinski definition) is 1. The van der Waals surface area contributed by atoms with E-state index in [0.717, 1.165) is 6.07 Å². The maximum atomic E-state index is 12.9. The van der Waals surface area contributed by atoms with Crippen molar-refractivity contribution in [2.75, 3.05) is 0 Å². The van der Waals surface area contributed by atoms with Crippen LogP contribution in [0.4, 0.5) is 13.2 Å². The molecule has 2 aromatic rings. The molecule has 2 rings (SSSR count). The quantitative estimate of drug-likeness (QED) is 0.898. The monoisotopic (exact) mass is 301 g/mol. The third kappa shape index (κ3) is 3.23. The second-order valence-electron chi connectivity index (χ2n) is 4.05. The normalized spacial score (nSPS) is 11.4. The molecule has 0 aliphatic rings. The fourth-order valence-corrected chi connectivity index (χ4v) is 1.89. The molecule has 0 spiro atoms. The summed E-state index contributed by atoms with van der Waals surface area (Å²) >= 11 is 5.90. The fraction of sp³-hybridized carbons (Fsp3) is 0.143. The van der Waals surface area contributed by atoms with E-state index < -0.39 is 11.7 Å². The smallest absolute Gasteiger partial charge is 0.416 e. The van der Waals surface area contributed by atoms with Crippen molar-refractivity contribution in [3.05, 3.63) is 58.6 Å². The molecule has 20 heavy (non-hydrogen) atoms. The van der Waals surface area contributed by atoms with Crippen LogP contribution >= 0.6 is 11.6 Å². The Kier molecular flexibility index (Phi) is 4.20. The molecule has 106 valence electrons. The van der Waals surface area contributed by atoms with Crippen molar-refractivity contribution < 1.29 is 17.9 Å². The van der Waals surface area contributed by atoms with E-state index in [1.807, 2.05) is 0 Å². The van der Waals surface area contributed by atoms with Crippen LogP contribution in [0, 0.1) is 0 Å². The van der Waals surface area contributed by atoms with Crippen molar-refractivity contribution in [1.82, 2.24) is 0 Å². The highest BCUT2D eigenvalue weighted by atomic mass is 35.5. The van der Waals surface area contributed by atoms with Crippen LogP contribution in [0.2, 0.25) is 5.02 Å². The summed E-state index contributed by atoms with van der Waals surface area (Å²) in [7, 11) is 0. The van der Waals surface area contributed by atoms with Crippen LogP contribution in [0.1, 0.15) is 11.1 Å². The van der Waals surface area contributed by atoms with Crippen LogP contribution in [-0.4, -0.2) is 0 Å². The molecule has 0 heterocycles. The fourth-order valence-electron chi connectivity index (χ4n) is 1.72. The standard InChI is InChI=1S/C14H11ClF3NO/c15-12-3-1-2-4-13(12)20-10-6-5-9(8-19)11(7-10)14(16,17)18/h1-7H,8,19H2. The Labute approximate surface area is 118 Å². The number of benzene rings is 2. The molecule has 0 atom stereocenters. The van der Waals surface area contributed by atoms with Gasteiger partial charge in [-0.2, -0.15) is 13.2 Å². The van der Waals surface area contributed by atoms with E-state index in [1.165, 1.54) is 12.1 Å². The largest absolute Gasteiger partial charge is 0.456 e. The van der Waals surface area contributed by atoms with E-state index >= 15 is 0 Å². The number of halogens is 4. The Hall–Kier alpha value is -1.72. The van der Waals surface area contributed by atoms with Gasteiger partial charge in [0.2, 0.25) is 0 Å². The molecule has 0 fully saturated rings. The van der Waals surface area contributed by atoms with Gasteiger partial charge in [-0.05, 0) is 29.8 Å². The van der Waals surface area contributed by atoms with Gasteiger partial charge in [0.05, 0.1) is 10.6 Å². The van der Waals surface area contributed by atoms with Gasteiger partial charge < -0.3 is 10.5 Å². The van der Waals surface area contributed by atoms with Gasteiger partial charge in [-0.25, -0.2) is 0 Å². The summed E-state index contributed by atoms with van der Waals surface area (Å²) in [6.07, 6.45) is -4.48. The molecule has 2 aromatic carbocycles. The zero-order valence-electron chi connectivity index (χ0n) is 10.2. The highest BCUT2D eigenvalue weighted by Crippen LogP contribution is 2.36. The Morgan fingerprint density at radius 3 is 2.40 bits per heavy atom. The molecule has 0 unspecified atom stereocenters. The Morgan fingerprint density at radius 2 is 1.80 bits per heavy atom. The second kappa shape index (κ2) is 5.73. The number of ether oxygens (including phenoxy) is 1. The van der Waals surface area contributed by atoms with Crippen LogP contribution in [0.25, 0.3) is 0 Å². The first kappa shape index (κ1) is 14.7. The summed E-state index contributed by atoms with van der Waals surface area (Å²) in [5.74, 6) is 0.352. The van der Waals surface area contributed by atoms with Gasteiger partial charge in [0.1, 0.15) is 11.5 Å². The Balaban J connectivity index is 2.37. The van der Waals surface area contributed by atoms with Crippen molar-refractivity contribution in [3.63, 3.8) is 0 Å². The molecular weight excluding hydrogens is 291 g/mol. The molecule has 2 N–H and O–H groups in total. The SMILES string of the molecule is NCc1ccc(Oc2ccccc2Cl)cc1C(F)(F)F. The molecule has 0 amide bonds. The number of hydrogen-bond acceptors (Lipinski definition) is 2. The van der Waals surface area contributed by atoms with Gasteiger partial charge in [0.15, 0.2) is 0 Å². The summed E-state index contributed by atoms with van der Waals surface area (Å²) in [5, 5.41) is 0.323. The molecule has 2 nitrogen and oxygen atoms in total. The minimum absolute atomic E-state index is 0.0176. The summed E-state index contributed by atoms with van der Waals surface area (Å²) < 4.78 is 44.1. The predicted molar refractivity (Wildman–Crippen MR) is 70.9 cm³/mol. The van der Waals surface area contributed by atoms with Crippen LogP contribution < -0.4 is 10.5 Å². The van der Waals surface area contributed by atoms with Crippen LogP contribution in [-0.2, 0) is 12.7 Å². The summed E-state index contributed by atoms with van der Waals surface area (Å²) in [5.41, 5.74) is 4.53. The minimum atomic E-state index is -4.48. The first-order valence-corrected chi connectivity index (χ1v) is 6.12. The third-order valence-corrected chi connectivity index (χ3v) is 2.98. The number of rotatable bonds is 3. The third-order valence-electron chi connectivity index (χ3n) is 2.67.